The van der Waals surface area contributed by atoms with Crippen molar-refractivity contribution in [1.29, 1.82) is 0 Å². The zero-order chi connectivity index (χ0) is 16.2. The summed E-state index contributed by atoms with van der Waals surface area (Å²) in [5.41, 5.74) is 1.04. The lowest BCUT2D eigenvalue weighted by molar-refractivity contribution is 0.0914. The molecule has 0 amide bonds. The van der Waals surface area contributed by atoms with Gasteiger partial charge in [0, 0.05) is 0 Å². The molecule has 0 radical (unpaired) electrons. The summed E-state index contributed by atoms with van der Waals surface area (Å²) in [6, 6.07) is 9.53. The maximum absolute atomic E-state index is 12.3. The molecule has 1 atom stereocenters. The van der Waals surface area contributed by atoms with Crippen LogP contribution in [0.1, 0.15) is 12.5 Å². The number of hydrogen-bond donors (Lipinski definition) is 1. The molecule has 2 aromatic heterocycles. The van der Waals surface area contributed by atoms with Crippen LogP contribution in [0.25, 0.3) is 10.2 Å². The maximum Gasteiger partial charge on any atom is 0.262 e. The first-order valence-electron chi connectivity index (χ1n) is 7.50. The summed E-state index contributed by atoms with van der Waals surface area (Å²) in [6.07, 6.45) is 1.62. The van der Waals surface area contributed by atoms with E-state index in [1.54, 1.807) is 6.07 Å². The van der Waals surface area contributed by atoms with Crippen molar-refractivity contribution in [3.05, 3.63) is 58.0 Å². The molecule has 3 aromatic rings. The number of aliphatic hydroxyl groups is 1. The molecule has 120 valence electrons. The molecular formula is C17H18N2O3S. The molecule has 1 N–H and O–H groups in total. The van der Waals surface area contributed by atoms with Gasteiger partial charge in [-0.05, 0) is 35.6 Å². The minimum absolute atomic E-state index is 0.126. The molecule has 0 bridgehead atoms. The predicted octanol–water partition coefficient (Wildman–Crippen LogP) is 2.46. The average molecular weight is 330 g/mol. The lowest BCUT2D eigenvalue weighted by atomic mass is 10.2. The fourth-order valence-corrected chi connectivity index (χ4v) is 3.07. The van der Waals surface area contributed by atoms with Gasteiger partial charge in [0.15, 0.2) is 0 Å². The number of hydrogen-bond acceptors (Lipinski definition) is 5. The number of ether oxygens (including phenoxy) is 1. The number of aliphatic hydroxyl groups excluding tert-OH is 1. The molecule has 23 heavy (non-hydrogen) atoms. The molecule has 0 fully saturated rings. The van der Waals surface area contributed by atoms with Crippen LogP contribution in [0.15, 0.2) is 46.8 Å². The van der Waals surface area contributed by atoms with Crippen LogP contribution in [0, 0.1) is 0 Å². The van der Waals surface area contributed by atoms with Crippen molar-refractivity contribution in [2.45, 2.75) is 26.0 Å². The summed E-state index contributed by atoms with van der Waals surface area (Å²) < 4.78 is 7.03. The van der Waals surface area contributed by atoms with Gasteiger partial charge in [-0.1, -0.05) is 19.1 Å². The highest BCUT2D eigenvalue weighted by Crippen LogP contribution is 2.15. The van der Waals surface area contributed by atoms with Crippen molar-refractivity contribution in [3.63, 3.8) is 0 Å². The number of aromatic nitrogens is 2. The summed E-state index contributed by atoms with van der Waals surface area (Å²) in [5, 5.41) is 12.5. The van der Waals surface area contributed by atoms with Crippen LogP contribution in [0.3, 0.4) is 0 Å². The molecule has 0 aliphatic heterocycles. The summed E-state index contributed by atoms with van der Waals surface area (Å²) in [5.74, 6) is 0.724. The van der Waals surface area contributed by atoms with Gasteiger partial charge in [0.2, 0.25) is 0 Å². The maximum atomic E-state index is 12.3. The molecule has 2 heterocycles. The molecule has 1 aromatic carbocycles. The van der Waals surface area contributed by atoms with Gasteiger partial charge in [-0.2, -0.15) is 0 Å². The molecule has 5 nitrogen and oxygen atoms in total. The van der Waals surface area contributed by atoms with E-state index in [-0.39, 0.29) is 18.7 Å². The average Bonchev–Trinajstić information content (AvgIpc) is 3.05. The number of rotatable bonds is 6. The zero-order valence-electron chi connectivity index (χ0n) is 12.8. The second kappa shape index (κ2) is 6.93. The van der Waals surface area contributed by atoms with E-state index in [9.17, 15) is 9.90 Å². The van der Waals surface area contributed by atoms with Gasteiger partial charge >= 0.3 is 0 Å². The minimum atomic E-state index is -0.782. The highest BCUT2D eigenvalue weighted by Gasteiger charge is 2.11. The summed E-state index contributed by atoms with van der Waals surface area (Å²) in [4.78, 5) is 17.2. The lowest BCUT2D eigenvalue weighted by Gasteiger charge is -2.14. The van der Waals surface area contributed by atoms with Gasteiger partial charge in [0.1, 0.15) is 23.3 Å². The van der Waals surface area contributed by atoms with E-state index in [1.807, 2.05) is 29.6 Å². The van der Waals surface area contributed by atoms with Crippen LogP contribution in [0.2, 0.25) is 0 Å². The molecule has 1 unspecified atom stereocenters. The normalized spacial score (nSPS) is 12.4. The van der Waals surface area contributed by atoms with Crippen molar-refractivity contribution in [2.24, 2.45) is 0 Å². The topological polar surface area (TPSA) is 64.3 Å². The van der Waals surface area contributed by atoms with Crippen LogP contribution in [-0.4, -0.2) is 27.4 Å². The third-order valence-electron chi connectivity index (χ3n) is 3.61. The standard InChI is InChI=1S/C17H18N2O3S/c1-2-12-4-3-5-14(8-12)22-10-13(20)9-19-11-18-16-15(17(19)21)6-7-23-16/h3-8,11,13,20H,2,9-10H2,1H3. The van der Waals surface area contributed by atoms with E-state index in [0.717, 1.165) is 12.2 Å². The second-order valence-electron chi connectivity index (χ2n) is 5.31. The van der Waals surface area contributed by atoms with E-state index in [0.29, 0.717) is 10.2 Å². The second-order valence-corrected chi connectivity index (χ2v) is 6.20. The molecule has 0 spiro atoms. The Morgan fingerprint density at radius 2 is 2.26 bits per heavy atom. The van der Waals surface area contributed by atoms with Crippen LogP contribution in [0.5, 0.6) is 5.75 Å². The molecule has 0 aliphatic carbocycles. The molecular weight excluding hydrogens is 312 g/mol. The van der Waals surface area contributed by atoms with E-state index in [1.165, 1.54) is 27.8 Å². The van der Waals surface area contributed by atoms with Crippen molar-refractivity contribution in [1.82, 2.24) is 9.55 Å². The van der Waals surface area contributed by atoms with E-state index in [2.05, 4.69) is 11.9 Å². The highest BCUT2D eigenvalue weighted by molar-refractivity contribution is 7.16. The fourth-order valence-electron chi connectivity index (χ4n) is 2.35. The zero-order valence-corrected chi connectivity index (χ0v) is 13.6. The smallest absolute Gasteiger partial charge is 0.262 e. The van der Waals surface area contributed by atoms with Crippen LogP contribution >= 0.6 is 11.3 Å². The lowest BCUT2D eigenvalue weighted by Crippen LogP contribution is -2.30. The Hall–Kier alpha value is -2.18. The number of nitrogens with zero attached hydrogens (tertiary/aromatic N) is 2. The Bertz CT molecular complexity index is 856. The van der Waals surface area contributed by atoms with Crippen LogP contribution in [0.4, 0.5) is 0 Å². The van der Waals surface area contributed by atoms with Crippen molar-refractivity contribution in [3.8, 4) is 5.75 Å². The Morgan fingerprint density at radius 1 is 1.39 bits per heavy atom. The Labute approximate surface area is 137 Å². The van der Waals surface area contributed by atoms with Crippen LogP contribution < -0.4 is 10.3 Å². The Morgan fingerprint density at radius 3 is 3.09 bits per heavy atom. The monoisotopic (exact) mass is 330 g/mol. The molecule has 0 saturated heterocycles. The highest BCUT2D eigenvalue weighted by atomic mass is 32.1. The molecule has 0 aliphatic rings. The van der Waals surface area contributed by atoms with Gasteiger partial charge < -0.3 is 9.84 Å². The quantitative estimate of drug-likeness (QED) is 0.754. The van der Waals surface area contributed by atoms with Crippen LogP contribution in [-0.2, 0) is 13.0 Å². The summed E-state index contributed by atoms with van der Waals surface area (Å²) in [6.45, 7) is 2.36. The molecule has 0 saturated carbocycles. The van der Waals surface area contributed by atoms with Gasteiger partial charge in [-0.15, -0.1) is 11.3 Å². The SMILES string of the molecule is CCc1cccc(OCC(O)Cn2cnc3sccc3c2=O)c1. The third-order valence-corrected chi connectivity index (χ3v) is 4.43. The van der Waals surface area contributed by atoms with Crippen molar-refractivity contribution in [2.75, 3.05) is 6.61 Å². The largest absolute Gasteiger partial charge is 0.491 e. The minimum Gasteiger partial charge on any atom is -0.491 e. The summed E-state index contributed by atoms with van der Waals surface area (Å²) in [7, 11) is 0. The van der Waals surface area contributed by atoms with Gasteiger partial charge in [0.25, 0.3) is 5.56 Å². The van der Waals surface area contributed by atoms with E-state index >= 15 is 0 Å². The predicted molar refractivity (Wildman–Crippen MR) is 91.2 cm³/mol. The van der Waals surface area contributed by atoms with E-state index < -0.39 is 6.10 Å². The van der Waals surface area contributed by atoms with Gasteiger partial charge in [-0.25, -0.2) is 4.98 Å². The first-order valence-corrected chi connectivity index (χ1v) is 8.37. The first-order chi connectivity index (χ1) is 11.2. The Balaban J connectivity index is 1.65. The number of thiophene rings is 1. The number of fused-ring (bicyclic) bond motifs is 1. The fraction of sp³-hybridized carbons (Fsp3) is 0.294. The summed E-state index contributed by atoms with van der Waals surface area (Å²) >= 11 is 1.43. The van der Waals surface area contributed by atoms with Crippen molar-refractivity contribution < 1.29 is 9.84 Å². The van der Waals surface area contributed by atoms with E-state index in [4.69, 9.17) is 4.74 Å². The molecule has 3 rings (SSSR count). The number of aryl methyl sites for hydroxylation is 1. The first kappa shape index (κ1) is 15.7. The molecule has 6 heteroatoms. The third kappa shape index (κ3) is 3.60. The number of benzene rings is 1. The van der Waals surface area contributed by atoms with Gasteiger partial charge in [0.05, 0.1) is 18.3 Å². The van der Waals surface area contributed by atoms with Crippen molar-refractivity contribution >= 4 is 21.6 Å². The Kier molecular flexibility index (Phi) is 4.73. The van der Waals surface area contributed by atoms with Gasteiger partial charge in [-0.3, -0.25) is 9.36 Å².